The summed E-state index contributed by atoms with van der Waals surface area (Å²) in [6.45, 7) is 5.10. The normalized spacial score (nSPS) is 12.5. The van der Waals surface area contributed by atoms with Crippen molar-refractivity contribution in [2.24, 2.45) is 5.92 Å². The third-order valence-electron chi connectivity index (χ3n) is 2.07. The van der Waals surface area contributed by atoms with Crippen LogP contribution in [0, 0.1) is 12.8 Å². The van der Waals surface area contributed by atoms with Crippen molar-refractivity contribution < 1.29 is 19.2 Å². The zero-order chi connectivity index (χ0) is 12.3. The second kappa shape index (κ2) is 4.78. The van der Waals surface area contributed by atoms with Crippen LogP contribution in [0.2, 0.25) is 0 Å². The molecule has 0 aliphatic rings. The van der Waals surface area contributed by atoms with E-state index in [2.05, 4.69) is 10.5 Å². The summed E-state index contributed by atoms with van der Waals surface area (Å²) >= 11 is 0. The molecule has 6 heteroatoms. The zero-order valence-electron chi connectivity index (χ0n) is 9.35. The molecule has 1 atom stereocenters. The molecule has 0 radical (unpaired) electrons. The van der Waals surface area contributed by atoms with Crippen LogP contribution in [0.4, 0.5) is 0 Å². The number of nitrogens with one attached hydrogen (secondary N) is 1. The summed E-state index contributed by atoms with van der Waals surface area (Å²) in [6, 6.07) is 0.520. The fraction of sp³-hybridized carbons (Fsp3) is 0.500. The predicted octanol–water partition coefficient (Wildman–Crippen LogP) is 0.822. The van der Waals surface area contributed by atoms with Crippen molar-refractivity contribution >= 4 is 11.9 Å². The average molecular weight is 226 g/mol. The van der Waals surface area contributed by atoms with Gasteiger partial charge in [0.25, 0.3) is 5.91 Å². The molecule has 0 unspecified atom stereocenters. The number of rotatable bonds is 4. The monoisotopic (exact) mass is 226 g/mol. The Morgan fingerprint density at radius 3 is 2.50 bits per heavy atom. The Balaban J connectivity index is 2.73. The van der Waals surface area contributed by atoms with Crippen LogP contribution in [0.25, 0.3) is 0 Å². The first-order valence-electron chi connectivity index (χ1n) is 4.88. The maximum Gasteiger partial charge on any atom is 0.326 e. The van der Waals surface area contributed by atoms with Crippen LogP contribution < -0.4 is 5.32 Å². The lowest BCUT2D eigenvalue weighted by Crippen LogP contribution is -2.44. The van der Waals surface area contributed by atoms with Gasteiger partial charge in [0, 0.05) is 6.07 Å². The molecule has 1 rings (SSSR count). The van der Waals surface area contributed by atoms with Crippen LogP contribution in [0.1, 0.15) is 30.1 Å². The maximum atomic E-state index is 11.6. The molecular formula is C10H14N2O4. The molecule has 88 valence electrons. The topological polar surface area (TPSA) is 92.4 Å². The van der Waals surface area contributed by atoms with Gasteiger partial charge in [0.15, 0.2) is 0 Å². The van der Waals surface area contributed by atoms with Crippen LogP contribution in [0.3, 0.4) is 0 Å². The third-order valence-corrected chi connectivity index (χ3v) is 2.07. The summed E-state index contributed by atoms with van der Waals surface area (Å²) in [5, 5.41) is 14.8. The first-order valence-corrected chi connectivity index (χ1v) is 4.88. The molecule has 0 bridgehead atoms. The molecule has 0 spiro atoms. The van der Waals surface area contributed by atoms with E-state index in [9.17, 15) is 9.59 Å². The molecule has 1 aromatic heterocycles. The Labute approximate surface area is 92.6 Å². The highest BCUT2D eigenvalue weighted by Crippen LogP contribution is 2.06. The van der Waals surface area contributed by atoms with Crippen LogP contribution in [-0.2, 0) is 4.79 Å². The van der Waals surface area contributed by atoms with E-state index in [0.29, 0.717) is 5.69 Å². The van der Waals surface area contributed by atoms with Crippen LogP contribution >= 0.6 is 0 Å². The number of carboxylic acid groups (broad SMARTS) is 1. The minimum absolute atomic E-state index is 0.0180. The maximum absolute atomic E-state index is 11.6. The van der Waals surface area contributed by atoms with Gasteiger partial charge in [0.2, 0.25) is 5.76 Å². The molecular weight excluding hydrogens is 212 g/mol. The lowest BCUT2D eigenvalue weighted by molar-refractivity contribution is -0.140. The van der Waals surface area contributed by atoms with Gasteiger partial charge >= 0.3 is 5.97 Å². The number of amides is 1. The Morgan fingerprint density at radius 1 is 1.50 bits per heavy atom. The number of aliphatic carboxylic acids is 1. The standard InChI is InChI=1S/C10H14N2O4/c1-5(2)8(10(14)15)11-9(13)7-4-6(3)12-16-7/h4-5,8H,1-3H3,(H,11,13)(H,14,15)/t8-/m0/s1. The van der Waals surface area contributed by atoms with E-state index >= 15 is 0 Å². The van der Waals surface area contributed by atoms with Gasteiger partial charge in [-0.05, 0) is 12.8 Å². The number of aromatic nitrogens is 1. The Morgan fingerprint density at radius 2 is 2.12 bits per heavy atom. The molecule has 0 saturated heterocycles. The lowest BCUT2D eigenvalue weighted by Gasteiger charge is -2.16. The van der Waals surface area contributed by atoms with E-state index in [0.717, 1.165) is 0 Å². The molecule has 0 aliphatic heterocycles. The van der Waals surface area contributed by atoms with Crippen molar-refractivity contribution in [3.05, 3.63) is 17.5 Å². The summed E-state index contributed by atoms with van der Waals surface area (Å²) in [7, 11) is 0. The predicted molar refractivity (Wildman–Crippen MR) is 55.0 cm³/mol. The zero-order valence-corrected chi connectivity index (χ0v) is 9.35. The van der Waals surface area contributed by atoms with E-state index < -0.39 is 17.9 Å². The molecule has 1 amide bonds. The van der Waals surface area contributed by atoms with Gasteiger partial charge in [-0.1, -0.05) is 19.0 Å². The smallest absolute Gasteiger partial charge is 0.326 e. The molecule has 6 nitrogen and oxygen atoms in total. The first kappa shape index (κ1) is 12.2. The second-order valence-corrected chi connectivity index (χ2v) is 3.87. The second-order valence-electron chi connectivity index (χ2n) is 3.87. The summed E-state index contributed by atoms with van der Waals surface area (Å²) < 4.78 is 4.73. The van der Waals surface area contributed by atoms with Gasteiger partial charge in [0.05, 0.1) is 5.69 Å². The van der Waals surface area contributed by atoms with E-state index in [1.807, 2.05) is 0 Å². The molecule has 1 aromatic rings. The van der Waals surface area contributed by atoms with E-state index in [1.54, 1.807) is 20.8 Å². The van der Waals surface area contributed by atoms with E-state index in [-0.39, 0.29) is 11.7 Å². The molecule has 0 fully saturated rings. The Bertz CT molecular complexity index is 397. The minimum Gasteiger partial charge on any atom is -0.480 e. The van der Waals surface area contributed by atoms with E-state index in [4.69, 9.17) is 9.63 Å². The van der Waals surface area contributed by atoms with Gasteiger partial charge < -0.3 is 14.9 Å². The average Bonchev–Trinajstić information content (AvgIpc) is 2.59. The number of aryl methyl sites for hydroxylation is 1. The SMILES string of the molecule is Cc1cc(C(=O)N[C@H](C(=O)O)C(C)C)on1. The van der Waals surface area contributed by atoms with Gasteiger partial charge in [-0.2, -0.15) is 0 Å². The number of hydrogen-bond acceptors (Lipinski definition) is 4. The number of nitrogens with zero attached hydrogens (tertiary/aromatic N) is 1. The molecule has 1 heterocycles. The van der Waals surface area contributed by atoms with Gasteiger partial charge in [-0.25, -0.2) is 4.79 Å². The summed E-state index contributed by atoms with van der Waals surface area (Å²) in [4.78, 5) is 22.4. The number of hydrogen-bond donors (Lipinski definition) is 2. The summed E-state index contributed by atoms with van der Waals surface area (Å²) in [6.07, 6.45) is 0. The quantitative estimate of drug-likeness (QED) is 0.792. The Hall–Kier alpha value is -1.85. The summed E-state index contributed by atoms with van der Waals surface area (Å²) in [5.41, 5.74) is 0.571. The molecule has 0 aromatic carbocycles. The van der Waals surface area contributed by atoms with Crippen molar-refractivity contribution in [1.82, 2.24) is 10.5 Å². The lowest BCUT2D eigenvalue weighted by atomic mass is 10.0. The van der Waals surface area contributed by atoms with E-state index in [1.165, 1.54) is 6.07 Å². The molecule has 2 N–H and O–H groups in total. The van der Waals surface area contributed by atoms with Crippen molar-refractivity contribution in [2.75, 3.05) is 0 Å². The number of carbonyl (C=O) groups excluding carboxylic acids is 1. The van der Waals surface area contributed by atoms with Crippen LogP contribution in [0.5, 0.6) is 0 Å². The Kier molecular flexibility index (Phi) is 3.65. The van der Waals surface area contributed by atoms with Crippen LogP contribution in [-0.4, -0.2) is 28.2 Å². The molecule has 0 aliphatic carbocycles. The largest absolute Gasteiger partial charge is 0.480 e. The fourth-order valence-electron chi connectivity index (χ4n) is 1.20. The number of carbonyl (C=O) groups is 2. The van der Waals surface area contributed by atoms with Crippen molar-refractivity contribution in [1.29, 1.82) is 0 Å². The summed E-state index contributed by atoms with van der Waals surface area (Å²) in [5.74, 6) is -1.82. The van der Waals surface area contributed by atoms with Crippen molar-refractivity contribution in [3.63, 3.8) is 0 Å². The highest BCUT2D eigenvalue weighted by atomic mass is 16.5. The van der Waals surface area contributed by atoms with Gasteiger partial charge in [-0.3, -0.25) is 4.79 Å². The highest BCUT2D eigenvalue weighted by Gasteiger charge is 2.25. The highest BCUT2D eigenvalue weighted by molar-refractivity contribution is 5.94. The minimum atomic E-state index is -1.07. The molecule has 16 heavy (non-hydrogen) atoms. The molecule has 0 saturated carbocycles. The third kappa shape index (κ3) is 2.82. The van der Waals surface area contributed by atoms with Crippen LogP contribution in [0.15, 0.2) is 10.6 Å². The van der Waals surface area contributed by atoms with Crippen molar-refractivity contribution in [2.45, 2.75) is 26.8 Å². The van der Waals surface area contributed by atoms with Crippen molar-refractivity contribution in [3.8, 4) is 0 Å². The fourth-order valence-corrected chi connectivity index (χ4v) is 1.20. The van der Waals surface area contributed by atoms with Gasteiger partial charge in [0.1, 0.15) is 6.04 Å². The number of carboxylic acids is 1. The van der Waals surface area contributed by atoms with Gasteiger partial charge in [-0.15, -0.1) is 0 Å². The first-order chi connectivity index (χ1) is 7.41.